The van der Waals surface area contributed by atoms with Gasteiger partial charge >= 0.3 is 12.0 Å². The van der Waals surface area contributed by atoms with Gasteiger partial charge in [-0.3, -0.25) is 9.59 Å². The van der Waals surface area contributed by atoms with Gasteiger partial charge in [0.15, 0.2) is 0 Å². The molecular formula is C12H21N3O5. The molecule has 3 N–H and O–H groups in total. The standard InChI is InChI=1S/C12H21N3O5/c1-20-5-3-13-10(16)7-14-12(19)15-4-2-9(8-15)6-11(17)18/h9H,2-8H2,1H3,(H,13,16)(H,14,19)(H,17,18). The average Bonchev–Trinajstić information content (AvgIpc) is 2.84. The highest BCUT2D eigenvalue weighted by Gasteiger charge is 2.27. The van der Waals surface area contributed by atoms with Crippen molar-refractivity contribution in [2.75, 3.05) is 39.9 Å². The van der Waals surface area contributed by atoms with Crippen molar-refractivity contribution in [3.63, 3.8) is 0 Å². The Hall–Kier alpha value is -1.83. The lowest BCUT2D eigenvalue weighted by atomic mass is 10.1. The van der Waals surface area contributed by atoms with E-state index >= 15 is 0 Å². The number of nitrogens with one attached hydrogen (secondary N) is 2. The number of methoxy groups -OCH3 is 1. The molecule has 0 aromatic carbocycles. The highest BCUT2D eigenvalue weighted by molar-refractivity contribution is 5.84. The van der Waals surface area contributed by atoms with Crippen LogP contribution in [0, 0.1) is 5.92 Å². The molecule has 1 unspecified atom stereocenters. The maximum atomic E-state index is 11.8. The number of hydrogen-bond acceptors (Lipinski definition) is 4. The third-order valence-corrected chi connectivity index (χ3v) is 3.06. The van der Waals surface area contributed by atoms with Crippen molar-refractivity contribution in [2.45, 2.75) is 12.8 Å². The van der Waals surface area contributed by atoms with Crippen LogP contribution in [0.5, 0.6) is 0 Å². The van der Waals surface area contributed by atoms with E-state index in [4.69, 9.17) is 9.84 Å². The Morgan fingerprint density at radius 2 is 2.10 bits per heavy atom. The van der Waals surface area contributed by atoms with Gasteiger partial charge in [0.1, 0.15) is 0 Å². The Kier molecular flexibility index (Phi) is 6.78. The summed E-state index contributed by atoms with van der Waals surface area (Å²) in [5, 5.41) is 13.8. The highest BCUT2D eigenvalue weighted by Crippen LogP contribution is 2.19. The fourth-order valence-electron chi connectivity index (χ4n) is 2.05. The van der Waals surface area contributed by atoms with E-state index < -0.39 is 5.97 Å². The average molecular weight is 287 g/mol. The molecule has 8 heteroatoms. The van der Waals surface area contributed by atoms with Crippen LogP contribution in [0.25, 0.3) is 0 Å². The normalized spacial score (nSPS) is 17.9. The molecule has 0 radical (unpaired) electrons. The zero-order valence-electron chi connectivity index (χ0n) is 11.6. The summed E-state index contributed by atoms with van der Waals surface area (Å²) < 4.78 is 4.78. The number of carboxylic acids is 1. The molecule has 1 atom stereocenters. The van der Waals surface area contributed by atoms with E-state index in [1.165, 1.54) is 12.0 Å². The topological polar surface area (TPSA) is 108 Å². The third-order valence-electron chi connectivity index (χ3n) is 3.06. The minimum atomic E-state index is -0.852. The van der Waals surface area contributed by atoms with Crippen LogP contribution in [0.1, 0.15) is 12.8 Å². The molecule has 1 rings (SSSR count). The maximum absolute atomic E-state index is 11.8. The SMILES string of the molecule is COCCNC(=O)CNC(=O)N1CCC(CC(=O)O)C1. The number of carbonyl (C=O) groups excluding carboxylic acids is 2. The maximum Gasteiger partial charge on any atom is 0.317 e. The number of urea groups is 1. The van der Waals surface area contributed by atoms with E-state index in [2.05, 4.69) is 10.6 Å². The van der Waals surface area contributed by atoms with Crippen LogP contribution >= 0.6 is 0 Å². The van der Waals surface area contributed by atoms with Gasteiger partial charge in [0, 0.05) is 33.2 Å². The minimum Gasteiger partial charge on any atom is -0.481 e. The molecule has 0 aromatic heterocycles. The van der Waals surface area contributed by atoms with Crippen LogP contribution in [0.3, 0.4) is 0 Å². The van der Waals surface area contributed by atoms with Crippen molar-refractivity contribution in [2.24, 2.45) is 5.92 Å². The molecule has 0 aliphatic carbocycles. The molecule has 1 aliphatic heterocycles. The lowest BCUT2D eigenvalue weighted by molar-refractivity contribution is -0.138. The van der Waals surface area contributed by atoms with E-state index in [9.17, 15) is 14.4 Å². The van der Waals surface area contributed by atoms with Gasteiger partial charge in [0.05, 0.1) is 13.2 Å². The number of carboxylic acid groups (broad SMARTS) is 1. The van der Waals surface area contributed by atoms with Crippen LogP contribution in [0.15, 0.2) is 0 Å². The first kappa shape index (κ1) is 16.2. The predicted molar refractivity (Wildman–Crippen MR) is 70.2 cm³/mol. The summed E-state index contributed by atoms with van der Waals surface area (Å²) in [7, 11) is 1.54. The fourth-order valence-corrected chi connectivity index (χ4v) is 2.05. The highest BCUT2D eigenvalue weighted by atomic mass is 16.5. The second kappa shape index (κ2) is 8.36. The first-order chi connectivity index (χ1) is 9.52. The van der Waals surface area contributed by atoms with Gasteiger partial charge < -0.3 is 25.4 Å². The zero-order chi connectivity index (χ0) is 15.0. The Morgan fingerprint density at radius 3 is 2.75 bits per heavy atom. The molecule has 114 valence electrons. The van der Waals surface area contributed by atoms with Gasteiger partial charge in [0.25, 0.3) is 0 Å². The lowest BCUT2D eigenvalue weighted by Gasteiger charge is -2.17. The molecule has 0 saturated carbocycles. The molecule has 8 nitrogen and oxygen atoms in total. The second-order valence-electron chi connectivity index (χ2n) is 4.70. The molecule has 1 saturated heterocycles. The summed E-state index contributed by atoms with van der Waals surface area (Å²) in [5.74, 6) is -1.14. The smallest absolute Gasteiger partial charge is 0.317 e. The molecule has 1 heterocycles. The number of amides is 3. The largest absolute Gasteiger partial charge is 0.481 e. The summed E-state index contributed by atoms with van der Waals surface area (Å²) in [6, 6.07) is -0.334. The van der Waals surface area contributed by atoms with Crippen molar-refractivity contribution >= 4 is 17.9 Å². The number of hydrogen-bond donors (Lipinski definition) is 3. The minimum absolute atomic E-state index is 0.00576. The molecule has 0 bridgehead atoms. The van der Waals surface area contributed by atoms with Crippen LogP contribution in [-0.4, -0.2) is 67.8 Å². The molecule has 1 fully saturated rings. The summed E-state index contributed by atoms with van der Waals surface area (Å²) in [5.41, 5.74) is 0. The van der Waals surface area contributed by atoms with Crippen molar-refractivity contribution in [3.8, 4) is 0 Å². The number of aliphatic carboxylic acids is 1. The Balaban J connectivity index is 2.20. The molecule has 20 heavy (non-hydrogen) atoms. The quantitative estimate of drug-likeness (QED) is 0.534. The predicted octanol–water partition coefficient (Wildman–Crippen LogP) is -0.745. The van der Waals surface area contributed by atoms with Crippen molar-refractivity contribution in [3.05, 3.63) is 0 Å². The first-order valence-corrected chi connectivity index (χ1v) is 6.53. The lowest BCUT2D eigenvalue weighted by Crippen LogP contribution is -2.44. The van der Waals surface area contributed by atoms with E-state index in [0.29, 0.717) is 32.7 Å². The van der Waals surface area contributed by atoms with Gasteiger partial charge in [-0.2, -0.15) is 0 Å². The molecule has 1 aliphatic rings. The Labute approximate surface area is 117 Å². The van der Waals surface area contributed by atoms with Crippen molar-refractivity contribution in [1.29, 1.82) is 0 Å². The fraction of sp³-hybridized carbons (Fsp3) is 0.750. The van der Waals surface area contributed by atoms with Crippen molar-refractivity contribution in [1.82, 2.24) is 15.5 Å². The van der Waals surface area contributed by atoms with E-state index in [1.54, 1.807) is 0 Å². The second-order valence-corrected chi connectivity index (χ2v) is 4.70. The van der Waals surface area contributed by atoms with Crippen molar-refractivity contribution < 1.29 is 24.2 Å². The number of rotatable bonds is 7. The zero-order valence-corrected chi connectivity index (χ0v) is 11.6. The number of nitrogens with zero attached hydrogens (tertiary/aromatic N) is 1. The van der Waals surface area contributed by atoms with Crippen LogP contribution in [0.4, 0.5) is 4.79 Å². The van der Waals surface area contributed by atoms with Gasteiger partial charge in [-0.15, -0.1) is 0 Å². The van der Waals surface area contributed by atoms with Gasteiger partial charge in [-0.1, -0.05) is 0 Å². The summed E-state index contributed by atoms with van der Waals surface area (Å²) in [6.45, 7) is 1.67. The molecule has 3 amide bonds. The molecule has 0 spiro atoms. The van der Waals surface area contributed by atoms with E-state index in [1.807, 2.05) is 0 Å². The molecule has 0 aromatic rings. The number of ether oxygens (including phenoxy) is 1. The third kappa shape index (κ3) is 5.87. The van der Waals surface area contributed by atoms with E-state index in [-0.39, 0.29) is 30.8 Å². The summed E-state index contributed by atoms with van der Waals surface area (Å²) >= 11 is 0. The van der Waals surface area contributed by atoms with Crippen LogP contribution in [0.2, 0.25) is 0 Å². The Bertz CT molecular complexity index is 361. The Morgan fingerprint density at radius 1 is 1.35 bits per heavy atom. The summed E-state index contributed by atoms with van der Waals surface area (Å²) in [4.78, 5) is 35.3. The number of likely N-dealkylation sites (tertiary alicyclic amines) is 1. The number of carbonyl (C=O) groups is 3. The van der Waals surface area contributed by atoms with Gasteiger partial charge in [-0.05, 0) is 12.3 Å². The van der Waals surface area contributed by atoms with Gasteiger partial charge in [-0.25, -0.2) is 4.79 Å². The summed E-state index contributed by atoms with van der Waals surface area (Å²) in [6.07, 6.45) is 0.751. The van der Waals surface area contributed by atoms with Gasteiger partial charge in [0.2, 0.25) is 5.91 Å². The van der Waals surface area contributed by atoms with E-state index in [0.717, 1.165) is 0 Å². The van der Waals surface area contributed by atoms with Crippen LogP contribution in [-0.2, 0) is 14.3 Å². The molecular weight excluding hydrogens is 266 g/mol. The van der Waals surface area contributed by atoms with Crippen LogP contribution < -0.4 is 10.6 Å². The monoisotopic (exact) mass is 287 g/mol. The first-order valence-electron chi connectivity index (χ1n) is 6.53.